The molecule has 0 aliphatic carbocycles. The molecule has 0 heterocycles. The minimum Gasteiger partial charge on any atom is -0.507 e. The number of halogens is 2. The van der Waals surface area contributed by atoms with Gasteiger partial charge < -0.3 is 19.7 Å². The van der Waals surface area contributed by atoms with Crippen LogP contribution in [0.4, 0.5) is 8.78 Å². The summed E-state index contributed by atoms with van der Waals surface area (Å²) in [7, 11) is -1.77. The van der Waals surface area contributed by atoms with Crippen molar-refractivity contribution in [2.24, 2.45) is 0 Å². The minimum absolute atomic E-state index is 0.0988. The van der Waals surface area contributed by atoms with Crippen molar-refractivity contribution in [3.63, 3.8) is 0 Å². The van der Waals surface area contributed by atoms with E-state index >= 15 is 0 Å². The lowest BCUT2D eigenvalue weighted by Gasteiger charge is -2.36. The van der Waals surface area contributed by atoms with Gasteiger partial charge in [-0.1, -0.05) is 78.9 Å². The third-order valence-corrected chi connectivity index (χ3v) is 13.1. The molecule has 230 valence electrons. The van der Waals surface area contributed by atoms with Gasteiger partial charge in [-0.05, 0) is 85.8 Å². The molecular formula is C33H56F2O4Si. The zero-order chi connectivity index (χ0) is 30.7. The number of benzene rings is 1. The van der Waals surface area contributed by atoms with Crippen molar-refractivity contribution in [3.05, 3.63) is 46.6 Å². The molecule has 0 radical (unpaired) electrons. The number of hydrogen-bond acceptors (Lipinski definition) is 4. The smallest absolute Gasteiger partial charge is 0.269 e. The minimum atomic E-state index is -1.82. The summed E-state index contributed by atoms with van der Waals surface area (Å²) in [6.07, 6.45) is 5.98. The van der Waals surface area contributed by atoms with Gasteiger partial charge >= 0.3 is 0 Å². The fourth-order valence-corrected chi connectivity index (χ4v) is 5.68. The number of aliphatic hydroxyl groups excluding tert-OH is 1. The quantitative estimate of drug-likeness (QED) is 0.0971. The molecule has 3 N–H and O–H groups in total. The van der Waals surface area contributed by atoms with Gasteiger partial charge in [0.2, 0.25) is 0 Å². The van der Waals surface area contributed by atoms with E-state index in [1.807, 2.05) is 13.0 Å². The molecule has 7 heteroatoms. The van der Waals surface area contributed by atoms with E-state index in [0.717, 1.165) is 49.7 Å². The van der Waals surface area contributed by atoms with Crippen LogP contribution in [0.5, 0.6) is 11.5 Å². The van der Waals surface area contributed by atoms with E-state index < -0.39 is 20.5 Å². The van der Waals surface area contributed by atoms with E-state index in [4.69, 9.17) is 4.43 Å². The Morgan fingerprint density at radius 2 is 1.57 bits per heavy atom. The summed E-state index contributed by atoms with van der Waals surface area (Å²) in [5.41, 5.74) is 1.34. The molecule has 0 saturated heterocycles. The number of hydrogen-bond donors (Lipinski definition) is 3. The first-order chi connectivity index (χ1) is 18.4. The second-order valence-electron chi connectivity index (χ2n) is 13.5. The first-order valence-electron chi connectivity index (χ1n) is 15.0. The number of phenols is 2. The van der Waals surface area contributed by atoms with Crippen molar-refractivity contribution >= 4 is 8.32 Å². The monoisotopic (exact) mass is 582 g/mol. The van der Waals surface area contributed by atoms with Gasteiger partial charge in [0.05, 0.1) is 11.7 Å². The lowest BCUT2D eigenvalue weighted by Crippen LogP contribution is -2.40. The molecule has 0 amide bonds. The Labute approximate surface area is 243 Å². The number of aromatic hydroxyl groups is 2. The molecule has 1 aromatic rings. The Bertz CT molecular complexity index is 966. The van der Waals surface area contributed by atoms with Crippen LogP contribution in [0.15, 0.2) is 35.4 Å². The first-order valence-corrected chi connectivity index (χ1v) is 17.9. The van der Waals surface area contributed by atoms with Crippen molar-refractivity contribution in [1.82, 2.24) is 0 Å². The van der Waals surface area contributed by atoms with Gasteiger partial charge in [0.1, 0.15) is 11.5 Å². The van der Waals surface area contributed by atoms with Crippen LogP contribution < -0.4 is 0 Å². The summed E-state index contributed by atoms with van der Waals surface area (Å²) in [6.45, 7) is 20.1. The van der Waals surface area contributed by atoms with Crippen LogP contribution in [0.3, 0.4) is 0 Å². The number of allylic oxidation sites excluding steroid dienone is 2. The molecule has 4 nitrogen and oxygen atoms in total. The van der Waals surface area contributed by atoms with Crippen LogP contribution in [0.1, 0.15) is 130 Å². The van der Waals surface area contributed by atoms with Gasteiger partial charge in [0, 0.05) is 13.0 Å². The normalized spacial score (nSPS) is 13.9. The van der Waals surface area contributed by atoms with Crippen molar-refractivity contribution in [2.45, 2.75) is 142 Å². The average molecular weight is 583 g/mol. The topological polar surface area (TPSA) is 69.9 Å². The Kier molecular flexibility index (Phi) is 14.6. The Morgan fingerprint density at radius 1 is 0.975 bits per heavy atom. The van der Waals surface area contributed by atoms with Gasteiger partial charge in [-0.2, -0.15) is 8.78 Å². The summed E-state index contributed by atoms with van der Waals surface area (Å²) in [4.78, 5) is 0. The van der Waals surface area contributed by atoms with E-state index in [-0.39, 0.29) is 45.9 Å². The molecule has 0 spiro atoms. The van der Waals surface area contributed by atoms with Gasteiger partial charge in [0.25, 0.3) is 6.08 Å². The van der Waals surface area contributed by atoms with Crippen LogP contribution in [0.25, 0.3) is 0 Å². The van der Waals surface area contributed by atoms with E-state index in [1.165, 1.54) is 6.42 Å². The van der Waals surface area contributed by atoms with Crippen molar-refractivity contribution in [3.8, 4) is 11.5 Å². The Morgan fingerprint density at radius 3 is 2.10 bits per heavy atom. The number of rotatable bonds is 17. The lowest BCUT2D eigenvalue weighted by molar-refractivity contribution is 0.166. The maximum atomic E-state index is 13.8. The van der Waals surface area contributed by atoms with Crippen LogP contribution >= 0.6 is 0 Å². The van der Waals surface area contributed by atoms with Gasteiger partial charge in [-0.3, -0.25) is 0 Å². The molecule has 0 saturated carbocycles. The predicted octanol–water partition coefficient (Wildman–Crippen LogP) is 10.4. The molecule has 0 aliphatic heterocycles. The molecule has 0 bridgehead atoms. The van der Waals surface area contributed by atoms with E-state index in [1.54, 1.807) is 12.1 Å². The maximum Gasteiger partial charge on any atom is 0.269 e. The molecule has 0 fully saturated rings. The number of phenolic OH excluding ortho intramolecular Hbond substituents is 2. The van der Waals surface area contributed by atoms with Crippen LogP contribution in [0, 0.1) is 0 Å². The summed E-state index contributed by atoms with van der Waals surface area (Å²) < 4.78 is 33.7. The molecule has 40 heavy (non-hydrogen) atoms. The Hall–Kier alpha value is -1.70. The predicted molar refractivity (Wildman–Crippen MR) is 166 cm³/mol. The molecule has 1 aromatic carbocycles. The SMILES string of the molecule is CCCCCCC(C)(C)c1cc(O)c(C(O)CC(CC/C=C(\C)CCCO[Si](C)(C)C(C)(C)C)=C(F)F)c(O)c1. The summed E-state index contributed by atoms with van der Waals surface area (Å²) >= 11 is 0. The summed E-state index contributed by atoms with van der Waals surface area (Å²) in [5, 5.41) is 32.3. The third-order valence-electron chi connectivity index (χ3n) is 8.54. The highest BCUT2D eigenvalue weighted by molar-refractivity contribution is 6.74. The largest absolute Gasteiger partial charge is 0.507 e. The number of aliphatic hydroxyl groups is 1. The highest BCUT2D eigenvalue weighted by Gasteiger charge is 2.36. The van der Waals surface area contributed by atoms with Crippen LogP contribution in [0.2, 0.25) is 18.1 Å². The first kappa shape index (κ1) is 36.3. The Balaban J connectivity index is 2.76. The van der Waals surface area contributed by atoms with Crippen molar-refractivity contribution < 1.29 is 28.5 Å². The van der Waals surface area contributed by atoms with Gasteiger partial charge in [-0.25, -0.2) is 0 Å². The van der Waals surface area contributed by atoms with Crippen molar-refractivity contribution in [2.75, 3.05) is 6.61 Å². The highest BCUT2D eigenvalue weighted by atomic mass is 28.4. The molecule has 0 aromatic heterocycles. The molecule has 1 unspecified atom stereocenters. The van der Waals surface area contributed by atoms with E-state index in [0.29, 0.717) is 13.0 Å². The van der Waals surface area contributed by atoms with E-state index in [2.05, 4.69) is 54.6 Å². The van der Waals surface area contributed by atoms with Crippen LogP contribution in [-0.4, -0.2) is 30.2 Å². The lowest BCUT2D eigenvalue weighted by atomic mass is 9.79. The molecule has 0 aliphatic rings. The summed E-state index contributed by atoms with van der Waals surface area (Å²) in [5.74, 6) is -0.531. The standard InChI is InChI=1S/C33H56F2O4Si/c1-10-11-12-13-19-33(6,7)26-22-28(37)30(29(38)23-26)27(36)21-25(31(34)35)18-14-16-24(2)17-15-20-39-40(8,9)32(3,4)5/h16,22-23,27,36-38H,10-15,17-21H2,1-9H3/b24-16+. The van der Waals surface area contributed by atoms with Gasteiger partial charge in [-0.15, -0.1) is 0 Å². The highest BCUT2D eigenvalue weighted by Crippen LogP contribution is 2.42. The fourth-order valence-electron chi connectivity index (χ4n) is 4.59. The third kappa shape index (κ3) is 11.7. The molecule has 1 rings (SSSR count). The molecular weight excluding hydrogens is 526 g/mol. The van der Waals surface area contributed by atoms with E-state index in [9.17, 15) is 24.1 Å². The second kappa shape index (κ2) is 16.1. The average Bonchev–Trinajstić information content (AvgIpc) is 2.82. The zero-order valence-corrected chi connectivity index (χ0v) is 27.6. The van der Waals surface area contributed by atoms with Crippen molar-refractivity contribution in [1.29, 1.82) is 0 Å². The maximum absolute atomic E-state index is 13.8. The molecule has 1 atom stereocenters. The summed E-state index contributed by atoms with van der Waals surface area (Å²) in [6, 6.07) is 3.10. The second-order valence-corrected chi connectivity index (χ2v) is 18.3. The van der Waals surface area contributed by atoms with Gasteiger partial charge in [0.15, 0.2) is 8.32 Å². The van der Waals surface area contributed by atoms with Crippen LogP contribution in [-0.2, 0) is 9.84 Å². The zero-order valence-electron chi connectivity index (χ0n) is 26.6. The number of unbranched alkanes of at least 4 members (excludes halogenated alkanes) is 3. The fraction of sp³-hybridized carbons (Fsp3) is 0.697.